The predicted octanol–water partition coefficient (Wildman–Crippen LogP) is 1.68. The zero-order valence-electron chi connectivity index (χ0n) is 8.78. The van der Waals surface area contributed by atoms with Gasteiger partial charge in [0.05, 0.1) is 6.10 Å². The molecule has 2 heteroatoms. The maximum Gasteiger partial charge on any atom is 0.0693 e. The summed E-state index contributed by atoms with van der Waals surface area (Å²) in [6, 6.07) is 1.14. The Balaban J connectivity index is 1.50. The van der Waals surface area contributed by atoms with Gasteiger partial charge < -0.3 is 10.4 Å². The van der Waals surface area contributed by atoms with Gasteiger partial charge in [-0.1, -0.05) is 12.8 Å². The molecule has 0 aromatic heterocycles. The van der Waals surface area contributed by atoms with Gasteiger partial charge in [-0.3, -0.25) is 0 Å². The summed E-state index contributed by atoms with van der Waals surface area (Å²) in [6.45, 7) is 0. The predicted molar refractivity (Wildman–Crippen MR) is 56.0 cm³/mol. The number of hydrogen-bond acceptors (Lipinski definition) is 2. The van der Waals surface area contributed by atoms with Crippen LogP contribution in [0.5, 0.6) is 0 Å². The van der Waals surface area contributed by atoms with E-state index >= 15 is 0 Å². The largest absolute Gasteiger partial charge is 0.392 e. The number of aliphatic hydroxyl groups is 1. The van der Waals surface area contributed by atoms with Gasteiger partial charge in [-0.05, 0) is 43.9 Å². The van der Waals surface area contributed by atoms with Crippen LogP contribution in [0.25, 0.3) is 0 Å². The molecule has 3 saturated carbocycles. The lowest BCUT2D eigenvalue weighted by atomic mass is 9.91. The molecule has 0 aromatic rings. The van der Waals surface area contributed by atoms with Gasteiger partial charge in [0, 0.05) is 12.1 Å². The molecule has 0 heterocycles. The van der Waals surface area contributed by atoms with E-state index in [0.29, 0.717) is 6.04 Å². The van der Waals surface area contributed by atoms with Gasteiger partial charge in [-0.15, -0.1) is 0 Å². The molecule has 2 N–H and O–H groups in total. The van der Waals surface area contributed by atoms with Crippen LogP contribution in [0.3, 0.4) is 0 Å². The molecule has 0 radical (unpaired) electrons. The van der Waals surface area contributed by atoms with E-state index in [2.05, 4.69) is 5.32 Å². The smallest absolute Gasteiger partial charge is 0.0693 e. The minimum atomic E-state index is -0.0688. The van der Waals surface area contributed by atoms with E-state index in [1.165, 1.54) is 38.5 Å². The number of rotatable bonds is 2. The summed E-state index contributed by atoms with van der Waals surface area (Å²) in [7, 11) is 0. The Morgan fingerprint density at radius 1 is 0.929 bits per heavy atom. The van der Waals surface area contributed by atoms with Crippen molar-refractivity contribution in [1.29, 1.82) is 0 Å². The lowest BCUT2D eigenvalue weighted by Crippen LogP contribution is -2.46. The van der Waals surface area contributed by atoms with Gasteiger partial charge in [0.25, 0.3) is 0 Å². The first-order valence-corrected chi connectivity index (χ1v) is 6.27. The summed E-state index contributed by atoms with van der Waals surface area (Å²) in [5.74, 6) is 2.10. The summed E-state index contributed by atoms with van der Waals surface area (Å²) >= 11 is 0. The molecule has 0 saturated heterocycles. The first-order valence-electron chi connectivity index (χ1n) is 6.27. The van der Waals surface area contributed by atoms with Crippen LogP contribution in [0, 0.1) is 11.8 Å². The highest BCUT2D eigenvalue weighted by atomic mass is 16.3. The summed E-state index contributed by atoms with van der Waals surface area (Å²) in [5.41, 5.74) is 0. The Kier molecular flexibility index (Phi) is 2.29. The second-order valence-electron chi connectivity index (χ2n) is 5.55. The van der Waals surface area contributed by atoms with Gasteiger partial charge >= 0.3 is 0 Å². The average molecular weight is 195 g/mol. The Bertz CT molecular complexity index is 208. The molecule has 0 spiro atoms. The molecule has 3 fully saturated rings. The number of nitrogens with one attached hydrogen (secondary N) is 1. The molecule has 0 bridgehead atoms. The van der Waals surface area contributed by atoms with Crippen LogP contribution in [0.15, 0.2) is 0 Å². The zero-order valence-corrected chi connectivity index (χ0v) is 8.78. The van der Waals surface area contributed by atoms with Crippen molar-refractivity contribution in [3.8, 4) is 0 Å². The van der Waals surface area contributed by atoms with Gasteiger partial charge in [-0.2, -0.15) is 0 Å². The second-order valence-corrected chi connectivity index (χ2v) is 5.55. The third kappa shape index (κ3) is 1.70. The molecule has 2 unspecified atom stereocenters. The van der Waals surface area contributed by atoms with Crippen LogP contribution in [0.1, 0.15) is 44.9 Å². The minimum absolute atomic E-state index is 0.0688. The Morgan fingerprint density at radius 2 is 1.64 bits per heavy atom. The lowest BCUT2D eigenvalue weighted by molar-refractivity contribution is 0.0843. The van der Waals surface area contributed by atoms with Crippen LogP contribution >= 0.6 is 0 Å². The van der Waals surface area contributed by atoms with Crippen molar-refractivity contribution in [2.24, 2.45) is 11.8 Å². The molecule has 0 aliphatic heterocycles. The topological polar surface area (TPSA) is 32.3 Å². The van der Waals surface area contributed by atoms with E-state index in [1.54, 1.807) is 0 Å². The van der Waals surface area contributed by atoms with Crippen molar-refractivity contribution in [3.05, 3.63) is 0 Å². The second kappa shape index (κ2) is 3.49. The van der Waals surface area contributed by atoms with Gasteiger partial charge in [0.15, 0.2) is 0 Å². The van der Waals surface area contributed by atoms with Crippen LogP contribution in [0.4, 0.5) is 0 Å². The van der Waals surface area contributed by atoms with Crippen molar-refractivity contribution < 1.29 is 5.11 Å². The Hall–Kier alpha value is -0.0800. The SMILES string of the molecule is O[C@H]1CCCC[C@@H]1NC1CC2CC2C1. The monoisotopic (exact) mass is 195 g/mol. The van der Waals surface area contributed by atoms with Crippen molar-refractivity contribution in [1.82, 2.24) is 5.32 Å². The molecular formula is C12H21NO. The molecule has 3 aliphatic rings. The molecule has 0 amide bonds. The highest BCUT2D eigenvalue weighted by Crippen LogP contribution is 2.51. The standard InChI is InChI=1S/C12H21NO/c14-12-4-2-1-3-11(12)13-10-6-8-5-9(8)7-10/h8-14H,1-7H2/t8?,9?,10?,11-,12-/m0/s1. The molecule has 0 aromatic carbocycles. The Labute approximate surface area is 86.1 Å². The lowest BCUT2D eigenvalue weighted by Gasteiger charge is -2.31. The van der Waals surface area contributed by atoms with Crippen molar-refractivity contribution in [2.75, 3.05) is 0 Å². The maximum absolute atomic E-state index is 9.84. The van der Waals surface area contributed by atoms with Crippen LogP contribution in [-0.4, -0.2) is 23.3 Å². The quantitative estimate of drug-likeness (QED) is 0.702. The summed E-state index contributed by atoms with van der Waals surface area (Å²) in [4.78, 5) is 0. The highest BCUT2D eigenvalue weighted by Gasteiger charge is 2.46. The van der Waals surface area contributed by atoms with E-state index in [4.69, 9.17) is 0 Å². The Morgan fingerprint density at radius 3 is 2.36 bits per heavy atom. The van der Waals surface area contributed by atoms with Crippen LogP contribution in [0.2, 0.25) is 0 Å². The van der Waals surface area contributed by atoms with Crippen LogP contribution in [-0.2, 0) is 0 Å². The van der Waals surface area contributed by atoms with E-state index in [0.717, 1.165) is 24.3 Å². The fraction of sp³-hybridized carbons (Fsp3) is 1.00. The first-order chi connectivity index (χ1) is 6.83. The zero-order chi connectivity index (χ0) is 9.54. The fourth-order valence-corrected chi connectivity index (χ4v) is 3.46. The number of hydrogen-bond donors (Lipinski definition) is 2. The number of aliphatic hydroxyl groups excluding tert-OH is 1. The van der Waals surface area contributed by atoms with Crippen molar-refractivity contribution in [3.63, 3.8) is 0 Å². The summed E-state index contributed by atoms with van der Waals surface area (Å²) in [6.07, 6.45) is 8.90. The maximum atomic E-state index is 9.84. The van der Waals surface area contributed by atoms with Crippen LogP contribution < -0.4 is 5.32 Å². The molecule has 2 nitrogen and oxygen atoms in total. The van der Waals surface area contributed by atoms with Crippen molar-refractivity contribution >= 4 is 0 Å². The molecule has 80 valence electrons. The summed E-state index contributed by atoms with van der Waals surface area (Å²) in [5, 5.41) is 13.5. The van der Waals surface area contributed by atoms with E-state index in [-0.39, 0.29) is 6.10 Å². The minimum Gasteiger partial charge on any atom is -0.392 e. The van der Waals surface area contributed by atoms with E-state index < -0.39 is 0 Å². The molecular weight excluding hydrogens is 174 g/mol. The van der Waals surface area contributed by atoms with E-state index in [1.807, 2.05) is 0 Å². The van der Waals surface area contributed by atoms with E-state index in [9.17, 15) is 5.11 Å². The molecule has 14 heavy (non-hydrogen) atoms. The fourth-order valence-electron chi connectivity index (χ4n) is 3.46. The first kappa shape index (κ1) is 9.17. The third-order valence-electron chi connectivity index (χ3n) is 4.42. The van der Waals surface area contributed by atoms with Gasteiger partial charge in [0.2, 0.25) is 0 Å². The van der Waals surface area contributed by atoms with Gasteiger partial charge in [-0.25, -0.2) is 0 Å². The molecule has 4 atom stereocenters. The third-order valence-corrected chi connectivity index (χ3v) is 4.42. The normalized spacial score (nSPS) is 51.6. The van der Waals surface area contributed by atoms with Gasteiger partial charge in [0.1, 0.15) is 0 Å². The highest BCUT2D eigenvalue weighted by molar-refractivity contribution is 5.00. The average Bonchev–Trinajstić information content (AvgIpc) is 2.79. The number of fused-ring (bicyclic) bond motifs is 1. The van der Waals surface area contributed by atoms with Crippen molar-refractivity contribution in [2.45, 2.75) is 63.1 Å². The summed E-state index contributed by atoms with van der Waals surface area (Å²) < 4.78 is 0. The molecule has 3 aliphatic carbocycles. The molecule has 3 rings (SSSR count).